The number of carbonyl (C=O) groups excluding carboxylic acids is 1. The number of halogens is 2. The Morgan fingerprint density at radius 2 is 2.00 bits per heavy atom. The molecular formula is C12H11Cl2N3O. The van der Waals surface area contributed by atoms with Crippen LogP contribution in [0.5, 0.6) is 0 Å². The zero-order valence-corrected chi connectivity index (χ0v) is 11.4. The number of rotatable bonds is 2. The minimum Gasteiger partial charge on any atom is -0.307 e. The third kappa shape index (κ3) is 2.66. The van der Waals surface area contributed by atoms with Gasteiger partial charge >= 0.3 is 0 Å². The summed E-state index contributed by atoms with van der Waals surface area (Å²) in [5, 5.41) is 7.67. The molecule has 0 spiro atoms. The standard InChI is InChI=1S/C12H11Cl2N3O/c1-7-5-11(17(2)16-7)15-12(18)8-3-4-9(13)10(14)6-8/h3-6H,1-2H3,(H,15,18). The predicted octanol–water partition coefficient (Wildman–Crippen LogP) is 3.29. The van der Waals surface area contributed by atoms with Crippen LogP contribution in [0.2, 0.25) is 10.0 Å². The molecule has 1 N–H and O–H groups in total. The van der Waals surface area contributed by atoms with Crippen molar-refractivity contribution in [2.45, 2.75) is 6.92 Å². The average Bonchev–Trinajstić information content (AvgIpc) is 2.61. The summed E-state index contributed by atoms with van der Waals surface area (Å²) in [6.45, 7) is 1.86. The maximum atomic E-state index is 12.0. The summed E-state index contributed by atoms with van der Waals surface area (Å²) in [6.07, 6.45) is 0. The molecule has 0 unspecified atom stereocenters. The van der Waals surface area contributed by atoms with Crippen molar-refractivity contribution < 1.29 is 4.79 Å². The van der Waals surface area contributed by atoms with E-state index in [2.05, 4.69) is 10.4 Å². The number of aromatic nitrogens is 2. The van der Waals surface area contributed by atoms with Gasteiger partial charge in [-0.25, -0.2) is 0 Å². The lowest BCUT2D eigenvalue weighted by molar-refractivity contribution is 0.102. The molecule has 2 aromatic rings. The molecule has 0 aliphatic rings. The topological polar surface area (TPSA) is 46.9 Å². The molecule has 1 aromatic heterocycles. The van der Waals surface area contributed by atoms with Crippen LogP contribution < -0.4 is 5.32 Å². The van der Waals surface area contributed by atoms with E-state index >= 15 is 0 Å². The van der Waals surface area contributed by atoms with Gasteiger partial charge in [-0.1, -0.05) is 23.2 Å². The molecule has 0 aliphatic carbocycles. The molecule has 4 nitrogen and oxygen atoms in total. The van der Waals surface area contributed by atoms with Gasteiger partial charge in [-0.15, -0.1) is 0 Å². The second-order valence-corrected chi connectivity index (χ2v) is 4.69. The van der Waals surface area contributed by atoms with Crippen LogP contribution in [0.4, 0.5) is 5.82 Å². The molecule has 6 heteroatoms. The molecule has 0 aliphatic heterocycles. The van der Waals surface area contributed by atoms with Crippen LogP contribution in [0.3, 0.4) is 0 Å². The van der Waals surface area contributed by atoms with Crippen molar-refractivity contribution in [1.29, 1.82) is 0 Å². The van der Waals surface area contributed by atoms with Gasteiger partial charge in [0.15, 0.2) is 0 Å². The molecular weight excluding hydrogens is 273 g/mol. The van der Waals surface area contributed by atoms with Gasteiger partial charge in [-0.3, -0.25) is 9.48 Å². The van der Waals surface area contributed by atoms with Crippen molar-refractivity contribution in [1.82, 2.24) is 9.78 Å². The number of hydrogen-bond donors (Lipinski definition) is 1. The molecule has 18 heavy (non-hydrogen) atoms. The van der Waals surface area contributed by atoms with Crippen LogP contribution in [0.1, 0.15) is 16.1 Å². The van der Waals surface area contributed by atoms with E-state index in [1.807, 2.05) is 6.92 Å². The van der Waals surface area contributed by atoms with Gasteiger partial charge < -0.3 is 5.32 Å². The average molecular weight is 284 g/mol. The van der Waals surface area contributed by atoms with Crippen LogP contribution >= 0.6 is 23.2 Å². The van der Waals surface area contributed by atoms with Crippen LogP contribution in [0.25, 0.3) is 0 Å². The minimum atomic E-state index is -0.253. The van der Waals surface area contributed by atoms with E-state index in [0.29, 0.717) is 21.4 Å². The Hall–Kier alpha value is -1.52. The maximum Gasteiger partial charge on any atom is 0.256 e. The van der Waals surface area contributed by atoms with E-state index in [1.54, 1.807) is 29.9 Å². The number of benzene rings is 1. The van der Waals surface area contributed by atoms with Crippen LogP contribution in [-0.4, -0.2) is 15.7 Å². The van der Waals surface area contributed by atoms with Crippen LogP contribution in [0, 0.1) is 6.92 Å². The molecule has 0 fully saturated rings. The van der Waals surface area contributed by atoms with Crippen LogP contribution in [-0.2, 0) is 7.05 Å². The number of anilines is 1. The van der Waals surface area contributed by atoms with Gasteiger partial charge in [-0.2, -0.15) is 5.10 Å². The fourth-order valence-corrected chi connectivity index (χ4v) is 1.85. The molecule has 0 saturated carbocycles. The summed E-state index contributed by atoms with van der Waals surface area (Å²) in [7, 11) is 1.76. The van der Waals surface area contributed by atoms with Crippen molar-refractivity contribution in [3.8, 4) is 0 Å². The summed E-state index contributed by atoms with van der Waals surface area (Å²) in [5.41, 5.74) is 1.28. The Kier molecular flexibility index (Phi) is 3.59. The van der Waals surface area contributed by atoms with E-state index in [9.17, 15) is 4.79 Å². The Morgan fingerprint density at radius 1 is 1.28 bits per heavy atom. The number of aryl methyl sites for hydroxylation is 2. The Bertz CT molecular complexity index is 607. The van der Waals surface area contributed by atoms with Crippen LogP contribution in [0.15, 0.2) is 24.3 Å². The summed E-state index contributed by atoms with van der Waals surface area (Å²) < 4.78 is 1.60. The van der Waals surface area contributed by atoms with E-state index in [0.717, 1.165) is 5.69 Å². The minimum absolute atomic E-state index is 0.253. The van der Waals surface area contributed by atoms with E-state index in [-0.39, 0.29) is 5.91 Å². The van der Waals surface area contributed by atoms with Gasteiger partial charge in [0, 0.05) is 18.7 Å². The highest BCUT2D eigenvalue weighted by atomic mass is 35.5. The second-order valence-electron chi connectivity index (χ2n) is 3.88. The first-order chi connectivity index (χ1) is 8.47. The van der Waals surface area contributed by atoms with Gasteiger partial charge in [0.2, 0.25) is 0 Å². The molecule has 1 aromatic carbocycles. The third-order valence-corrected chi connectivity index (χ3v) is 3.16. The highest BCUT2D eigenvalue weighted by Crippen LogP contribution is 2.23. The van der Waals surface area contributed by atoms with Gasteiger partial charge in [0.25, 0.3) is 5.91 Å². The third-order valence-electron chi connectivity index (χ3n) is 2.43. The Balaban J connectivity index is 2.22. The first-order valence-corrected chi connectivity index (χ1v) is 6.00. The lowest BCUT2D eigenvalue weighted by Gasteiger charge is -2.05. The zero-order chi connectivity index (χ0) is 13.3. The van der Waals surface area contributed by atoms with Gasteiger partial charge in [0.1, 0.15) is 5.82 Å². The smallest absolute Gasteiger partial charge is 0.256 e. The largest absolute Gasteiger partial charge is 0.307 e. The molecule has 0 radical (unpaired) electrons. The Labute approximate surface area is 115 Å². The van der Waals surface area contributed by atoms with Crippen molar-refractivity contribution >= 4 is 34.9 Å². The van der Waals surface area contributed by atoms with Crippen molar-refractivity contribution in [3.63, 3.8) is 0 Å². The maximum absolute atomic E-state index is 12.0. The summed E-state index contributed by atoms with van der Waals surface area (Å²) in [6, 6.07) is 6.53. The summed E-state index contributed by atoms with van der Waals surface area (Å²) in [5.74, 6) is 0.375. The molecule has 0 atom stereocenters. The molecule has 0 bridgehead atoms. The van der Waals surface area contributed by atoms with E-state index in [1.165, 1.54) is 6.07 Å². The molecule has 1 heterocycles. The van der Waals surface area contributed by atoms with E-state index < -0.39 is 0 Å². The molecule has 0 saturated heterocycles. The monoisotopic (exact) mass is 283 g/mol. The second kappa shape index (κ2) is 5.00. The Morgan fingerprint density at radius 3 is 2.56 bits per heavy atom. The lowest BCUT2D eigenvalue weighted by atomic mass is 10.2. The van der Waals surface area contributed by atoms with Gasteiger partial charge in [0.05, 0.1) is 15.7 Å². The first-order valence-electron chi connectivity index (χ1n) is 5.24. The fourth-order valence-electron chi connectivity index (χ4n) is 1.55. The van der Waals surface area contributed by atoms with E-state index in [4.69, 9.17) is 23.2 Å². The number of hydrogen-bond acceptors (Lipinski definition) is 2. The van der Waals surface area contributed by atoms with Crippen molar-refractivity contribution in [2.24, 2.45) is 7.05 Å². The molecule has 94 valence electrons. The van der Waals surface area contributed by atoms with Crippen molar-refractivity contribution in [2.75, 3.05) is 5.32 Å². The zero-order valence-electron chi connectivity index (χ0n) is 9.87. The molecule has 1 amide bonds. The number of nitrogens with zero attached hydrogens (tertiary/aromatic N) is 2. The SMILES string of the molecule is Cc1cc(NC(=O)c2ccc(Cl)c(Cl)c2)n(C)n1. The normalized spacial score (nSPS) is 10.4. The highest BCUT2D eigenvalue weighted by molar-refractivity contribution is 6.42. The number of amides is 1. The summed E-state index contributed by atoms with van der Waals surface area (Å²) >= 11 is 11.7. The molecule has 2 rings (SSSR count). The predicted molar refractivity (Wildman–Crippen MR) is 72.4 cm³/mol. The quantitative estimate of drug-likeness (QED) is 0.919. The first kappa shape index (κ1) is 12.9. The van der Waals surface area contributed by atoms with Gasteiger partial charge in [-0.05, 0) is 25.1 Å². The highest BCUT2D eigenvalue weighted by Gasteiger charge is 2.10. The summed E-state index contributed by atoms with van der Waals surface area (Å²) in [4.78, 5) is 12.0. The number of carbonyl (C=O) groups is 1. The fraction of sp³-hybridized carbons (Fsp3) is 0.167. The lowest BCUT2D eigenvalue weighted by Crippen LogP contribution is -2.14. The number of nitrogens with one attached hydrogen (secondary N) is 1. The van der Waals surface area contributed by atoms with Crippen molar-refractivity contribution in [3.05, 3.63) is 45.6 Å².